The Morgan fingerprint density at radius 2 is 2.15 bits per heavy atom. The zero-order valence-corrected chi connectivity index (χ0v) is 12.5. The number of hydrogen-bond acceptors (Lipinski definition) is 2. The van der Waals surface area contributed by atoms with Crippen molar-refractivity contribution in [3.8, 4) is 0 Å². The fourth-order valence-electron chi connectivity index (χ4n) is 3.97. The molecule has 0 spiro atoms. The van der Waals surface area contributed by atoms with E-state index < -0.39 is 0 Å². The number of rotatable bonds is 3. The molecule has 1 saturated carbocycles. The Bertz CT molecular complexity index is 508. The summed E-state index contributed by atoms with van der Waals surface area (Å²) in [5.41, 5.74) is 2.52. The van der Waals surface area contributed by atoms with Gasteiger partial charge in [0.25, 0.3) is 0 Å². The smallest absolute Gasteiger partial charge is 0.248 e. The molecule has 1 fully saturated rings. The Labute approximate surface area is 121 Å². The highest BCUT2D eigenvalue weighted by Crippen LogP contribution is 2.32. The van der Waals surface area contributed by atoms with Gasteiger partial charge in [-0.15, -0.1) is 0 Å². The molecule has 20 heavy (non-hydrogen) atoms. The summed E-state index contributed by atoms with van der Waals surface area (Å²) < 4.78 is 0. The number of aromatic nitrogens is 1. The second kappa shape index (κ2) is 6.13. The van der Waals surface area contributed by atoms with Gasteiger partial charge in [0.05, 0.1) is 0 Å². The molecule has 0 aliphatic heterocycles. The second-order valence-corrected chi connectivity index (χ2v) is 6.51. The van der Waals surface area contributed by atoms with Gasteiger partial charge in [-0.1, -0.05) is 32.3 Å². The van der Waals surface area contributed by atoms with Crippen LogP contribution in [0.15, 0.2) is 16.9 Å². The first kappa shape index (κ1) is 13.9. The van der Waals surface area contributed by atoms with Crippen LogP contribution in [-0.2, 0) is 6.42 Å². The van der Waals surface area contributed by atoms with Gasteiger partial charge in [-0.3, -0.25) is 4.79 Å². The average molecular weight is 274 g/mol. The highest BCUT2D eigenvalue weighted by Gasteiger charge is 2.26. The summed E-state index contributed by atoms with van der Waals surface area (Å²) in [4.78, 5) is 14.5. The summed E-state index contributed by atoms with van der Waals surface area (Å²) in [6.45, 7) is 2.31. The number of nitrogens with one attached hydrogen (secondary N) is 2. The van der Waals surface area contributed by atoms with Crippen molar-refractivity contribution in [3.63, 3.8) is 0 Å². The van der Waals surface area contributed by atoms with E-state index in [2.05, 4.69) is 17.2 Å². The van der Waals surface area contributed by atoms with Crippen LogP contribution in [0.2, 0.25) is 0 Å². The van der Waals surface area contributed by atoms with Crippen LogP contribution in [0.4, 0.5) is 0 Å². The summed E-state index contributed by atoms with van der Waals surface area (Å²) in [7, 11) is 0. The Kier molecular flexibility index (Phi) is 4.25. The molecule has 1 aromatic rings. The van der Waals surface area contributed by atoms with Crippen molar-refractivity contribution in [3.05, 3.63) is 33.7 Å². The van der Waals surface area contributed by atoms with Gasteiger partial charge in [-0.25, -0.2) is 0 Å². The van der Waals surface area contributed by atoms with Gasteiger partial charge in [0, 0.05) is 23.8 Å². The minimum atomic E-state index is 0.0353. The van der Waals surface area contributed by atoms with Crippen molar-refractivity contribution in [1.82, 2.24) is 10.3 Å². The van der Waals surface area contributed by atoms with Gasteiger partial charge >= 0.3 is 0 Å². The predicted molar refractivity (Wildman–Crippen MR) is 81.9 cm³/mol. The van der Waals surface area contributed by atoms with Crippen LogP contribution in [0, 0.1) is 5.92 Å². The third-order valence-electron chi connectivity index (χ3n) is 5.13. The van der Waals surface area contributed by atoms with Crippen LogP contribution < -0.4 is 10.9 Å². The molecule has 2 aliphatic rings. The number of aromatic amines is 1. The van der Waals surface area contributed by atoms with Crippen LogP contribution in [0.25, 0.3) is 0 Å². The Morgan fingerprint density at radius 3 is 3.00 bits per heavy atom. The fraction of sp³-hybridized carbons (Fsp3) is 0.706. The van der Waals surface area contributed by atoms with Crippen molar-refractivity contribution >= 4 is 0 Å². The number of pyridine rings is 1. The molecule has 0 bridgehead atoms. The highest BCUT2D eigenvalue weighted by molar-refractivity contribution is 5.26. The van der Waals surface area contributed by atoms with Crippen molar-refractivity contribution in [2.45, 2.75) is 70.4 Å². The first-order valence-electron chi connectivity index (χ1n) is 8.24. The Morgan fingerprint density at radius 1 is 1.25 bits per heavy atom. The molecule has 110 valence electrons. The average Bonchev–Trinajstić information content (AvgIpc) is 2.47. The third kappa shape index (κ3) is 2.98. The summed E-state index contributed by atoms with van der Waals surface area (Å²) in [5.74, 6) is 0.903. The van der Waals surface area contributed by atoms with Crippen LogP contribution >= 0.6 is 0 Å². The van der Waals surface area contributed by atoms with Gasteiger partial charge in [0.2, 0.25) is 5.56 Å². The summed E-state index contributed by atoms with van der Waals surface area (Å²) in [5, 5.41) is 3.88. The molecule has 2 aliphatic carbocycles. The lowest BCUT2D eigenvalue weighted by Gasteiger charge is -2.34. The standard InChI is InChI=1S/C17H26N2O/c1-2-12-5-3-6-13(11-12)18-15-7-4-8-16-14(15)9-10-17(20)19-16/h9-10,12-13,15,18H,2-8,11H2,1H3,(H,19,20). The minimum Gasteiger partial charge on any atom is -0.326 e. The van der Waals surface area contributed by atoms with E-state index in [9.17, 15) is 4.79 Å². The third-order valence-corrected chi connectivity index (χ3v) is 5.13. The Balaban J connectivity index is 1.71. The predicted octanol–water partition coefficient (Wildman–Crippen LogP) is 3.31. The van der Waals surface area contributed by atoms with Gasteiger partial charge in [-0.2, -0.15) is 0 Å². The molecule has 2 N–H and O–H groups in total. The molecule has 0 aromatic carbocycles. The maximum absolute atomic E-state index is 11.4. The maximum atomic E-state index is 11.4. The van der Waals surface area contributed by atoms with Gasteiger partial charge in [0.15, 0.2) is 0 Å². The number of aryl methyl sites for hydroxylation is 1. The monoisotopic (exact) mass is 274 g/mol. The summed E-state index contributed by atoms with van der Waals surface area (Å²) in [6.07, 6.45) is 10.1. The summed E-state index contributed by atoms with van der Waals surface area (Å²) >= 11 is 0. The molecule has 3 rings (SSSR count). The second-order valence-electron chi connectivity index (χ2n) is 6.51. The highest BCUT2D eigenvalue weighted by atomic mass is 16.1. The number of hydrogen-bond donors (Lipinski definition) is 2. The molecule has 1 aromatic heterocycles. The van der Waals surface area contributed by atoms with E-state index in [0.29, 0.717) is 12.1 Å². The molecular weight excluding hydrogens is 248 g/mol. The first-order valence-corrected chi connectivity index (χ1v) is 8.24. The SMILES string of the molecule is CCC1CCCC(NC2CCCc3[nH]c(=O)ccc32)C1. The summed E-state index contributed by atoms with van der Waals surface area (Å²) in [6, 6.07) is 4.81. The van der Waals surface area contributed by atoms with E-state index in [0.717, 1.165) is 18.0 Å². The van der Waals surface area contributed by atoms with E-state index in [1.54, 1.807) is 6.07 Å². The number of fused-ring (bicyclic) bond motifs is 1. The number of H-pyrrole nitrogens is 1. The molecule has 3 nitrogen and oxygen atoms in total. The molecular formula is C17H26N2O. The van der Waals surface area contributed by atoms with Gasteiger partial charge < -0.3 is 10.3 Å². The largest absolute Gasteiger partial charge is 0.326 e. The van der Waals surface area contributed by atoms with E-state index >= 15 is 0 Å². The molecule has 0 amide bonds. The molecule has 3 heteroatoms. The minimum absolute atomic E-state index is 0.0353. The van der Waals surface area contributed by atoms with Crippen molar-refractivity contribution in [1.29, 1.82) is 0 Å². The molecule has 0 radical (unpaired) electrons. The van der Waals surface area contributed by atoms with E-state index in [1.165, 1.54) is 50.5 Å². The van der Waals surface area contributed by atoms with Crippen LogP contribution in [-0.4, -0.2) is 11.0 Å². The topological polar surface area (TPSA) is 44.9 Å². The lowest BCUT2D eigenvalue weighted by molar-refractivity contribution is 0.254. The maximum Gasteiger partial charge on any atom is 0.248 e. The fourth-order valence-corrected chi connectivity index (χ4v) is 3.97. The molecule has 3 atom stereocenters. The van der Waals surface area contributed by atoms with Crippen molar-refractivity contribution in [2.75, 3.05) is 0 Å². The quantitative estimate of drug-likeness (QED) is 0.888. The van der Waals surface area contributed by atoms with E-state index in [4.69, 9.17) is 0 Å². The van der Waals surface area contributed by atoms with Crippen LogP contribution in [0.3, 0.4) is 0 Å². The zero-order valence-electron chi connectivity index (χ0n) is 12.5. The molecule has 0 saturated heterocycles. The van der Waals surface area contributed by atoms with Crippen LogP contribution in [0.5, 0.6) is 0 Å². The lowest BCUT2D eigenvalue weighted by Crippen LogP contribution is -2.38. The van der Waals surface area contributed by atoms with E-state index in [-0.39, 0.29) is 5.56 Å². The van der Waals surface area contributed by atoms with Crippen molar-refractivity contribution in [2.24, 2.45) is 5.92 Å². The normalized spacial score (nSPS) is 29.9. The lowest BCUT2D eigenvalue weighted by atomic mass is 9.82. The first-order chi connectivity index (χ1) is 9.76. The van der Waals surface area contributed by atoms with Gasteiger partial charge in [-0.05, 0) is 43.6 Å². The Hall–Kier alpha value is -1.09. The van der Waals surface area contributed by atoms with Crippen LogP contribution in [0.1, 0.15) is 69.2 Å². The molecule has 3 unspecified atom stereocenters. The van der Waals surface area contributed by atoms with E-state index in [1.807, 2.05) is 6.07 Å². The van der Waals surface area contributed by atoms with Crippen molar-refractivity contribution < 1.29 is 0 Å². The van der Waals surface area contributed by atoms with Gasteiger partial charge in [0.1, 0.15) is 0 Å². The zero-order chi connectivity index (χ0) is 13.9. The molecule has 1 heterocycles.